The van der Waals surface area contributed by atoms with Crippen molar-refractivity contribution in [2.45, 2.75) is 13.5 Å². The van der Waals surface area contributed by atoms with Gasteiger partial charge in [-0.25, -0.2) is 9.48 Å². The fourth-order valence-electron chi connectivity index (χ4n) is 2.84. The molecule has 0 bridgehead atoms. The lowest BCUT2D eigenvalue weighted by Gasteiger charge is -2.06. The topological polar surface area (TPSA) is 92.3 Å². The molecule has 2 heterocycles. The molecule has 8 nitrogen and oxygen atoms in total. The summed E-state index contributed by atoms with van der Waals surface area (Å²) in [5, 5.41) is 8.17. The normalized spacial score (nSPS) is 10.7. The van der Waals surface area contributed by atoms with Gasteiger partial charge in [-0.05, 0) is 49.4 Å². The van der Waals surface area contributed by atoms with Gasteiger partial charge >= 0.3 is 5.97 Å². The first kappa shape index (κ1) is 18.4. The number of benzene rings is 2. The molecule has 0 radical (unpaired) electrons. The average molecular weight is 390 g/mol. The zero-order valence-corrected chi connectivity index (χ0v) is 15.9. The maximum Gasteiger partial charge on any atom is 0.338 e. The predicted molar refractivity (Wildman–Crippen MR) is 104 cm³/mol. The van der Waals surface area contributed by atoms with E-state index in [4.69, 9.17) is 14.0 Å². The number of carbonyl (C=O) groups is 1. The Bertz CT molecular complexity index is 1130. The molecule has 146 valence electrons. The van der Waals surface area contributed by atoms with Crippen LogP contribution in [0.5, 0.6) is 5.75 Å². The third-order valence-electron chi connectivity index (χ3n) is 4.32. The maximum atomic E-state index is 12.3. The molecule has 0 aliphatic heterocycles. The summed E-state index contributed by atoms with van der Waals surface area (Å²) in [6.07, 6.45) is 1.72. The number of ether oxygens (including phenoxy) is 2. The van der Waals surface area contributed by atoms with Crippen LogP contribution >= 0.6 is 0 Å². The summed E-state index contributed by atoms with van der Waals surface area (Å²) < 4.78 is 17.5. The molecule has 2 aromatic carbocycles. The van der Waals surface area contributed by atoms with E-state index in [0.717, 1.165) is 11.4 Å². The Morgan fingerprint density at radius 1 is 1.10 bits per heavy atom. The lowest BCUT2D eigenvalue weighted by Crippen LogP contribution is -2.06. The summed E-state index contributed by atoms with van der Waals surface area (Å²) in [5.74, 6) is 0.714. The van der Waals surface area contributed by atoms with Crippen molar-refractivity contribution in [3.05, 3.63) is 77.9 Å². The molecule has 0 saturated heterocycles. The highest BCUT2D eigenvalue weighted by Gasteiger charge is 2.15. The number of para-hydroxylation sites is 1. The van der Waals surface area contributed by atoms with E-state index in [1.54, 1.807) is 36.2 Å². The molecule has 0 saturated carbocycles. The van der Waals surface area contributed by atoms with Gasteiger partial charge in [-0.2, -0.15) is 10.1 Å². The first-order chi connectivity index (χ1) is 14.2. The fourth-order valence-corrected chi connectivity index (χ4v) is 2.84. The van der Waals surface area contributed by atoms with E-state index in [1.807, 2.05) is 43.3 Å². The average Bonchev–Trinajstić information content (AvgIpc) is 3.41. The summed E-state index contributed by atoms with van der Waals surface area (Å²) >= 11 is 0. The molecule has 0 fully saturated rings. The number of hydrogen-bond acceptors (Lipinski definition) is 7. The van der Waals surface area contributed by atoms with E-state index in [-0.39, 0.29) is 12.5 Å². The van der Waals surface area contributed by atoms with Crippen molar-refractivity contribution >= 4 is 5.97 Å². The number of esters is 1. The maximum absolute atomic E-state index is 12.3. The van der Waals surface area contributed by atoms with Crippen LogP contribution in [0.15, 0.2) is 65.3 Å². The van der Waals surface area contributed by atoms with Crippen molar-refractivity contribution < 1.29 is 18.8 Å². The van der Waals surface area contributed by atoms with Gasteiger partial charge in [-0.1, -0.05) is 17.3 Å². The molecule has 0 spiro atoms. The van der Waals surface area contributed by atoms with Crippen LogP contribution in [-0.4, -0.2) is 33.0 Å². The number of nitrogens with zero attached hydrogens (tertiary/aromatic N) is 4. The summed E-state index contributed by atoms with van der Waals surface area (Å²) in [5.41, 5.74) is 2.98. The summed E-state index contributed by atoms with van der Waals surface area (Å²) in [6, 6.07) is 16.2. The van der Waals surface area contributed by atoms with Gasteiger partial charge in [0.1, 0.15) is 5.75 Å². The highest BCUT2D eigenvalue weighted by Crippen LogP contribution is 2.27. The van der Waals surface area contributed by atoms with E-state index in [2.05, 4.69) is 15.2 Å². The molecular weight excluding hydrogens is 372 g/mol. The van der Waals surface area contributed by atoms with Crippen LogP contribution < -0.4 is 4.74 Å². The van der Waals surface area contributed by atoms with Crippen LogP contribution in [0.3, 0.4) is 0 Å². The minimum absolute atomic E-state index is 0.124. The highest BCUT2D eigenvalue weighted by atomic mass is 16.6. The number of methoxy groups -OCH3 is 1. The van der Waals surface area contributed by atoms with Gasteiger partial charge in [-0.15, -0.1) is 0 Å². The second kappa shape index (κ2) is 7.97. The molecule has 0 amide bonds. The Balaban J connectivity index is 1.41. The van der Waals surface area contributed by atoms with Crippen molar-refractivity contribution in [3.63, 3.8) is 0 Å². The Morgan fingerprint density at radius 3 is 2.62 bits per heavy atom. The van der Waals surface area contributed by atoms with E-state index in [0.29, 0.717) is 22.7 Å². The summed E-state index contributed by atoms with van der Waals surface area (Å²) in [6.45, 7) is 1.83. The van der Waals surface area contributed by atoms with E-state index >= 15 is 0 Å². The van der Waals surface area contributed by atoms with Crippen LogP contribution in [0.1, 0.15) is 21.9 Å². The van der Waals surface area contributed by atoms with E-state index in [9.17, 15) is 4.79 Å². The molecule has 0 N–H and O–H groups in total. The SMILES string of the molecule is COc1ccccc1-c1noc(COC(=O)c2ccc(-n3nccc3C)cc2)n1. The van der Waals surface area contributed by atoms with Crippen molar-refractivity contribution in [2.75, 3.05) is 7.11 Å². The summed E-state index contributed by atoms with van der Waals surface area (Å²) in [7, 11) is 1.57. The van der Waals surface area contributed by atoms with Gasteiger partial charge in [0.25, 0.3) is 5.89 Å². The third-order valence-corrected chi connectivity index (χ3v) is 4.32. The van der Waals surface area contributed by atoms with E-state index < -0.39 is 5.97 Å². The first-order valence-electron chi connectivity index (χ1n) is 8.90. The Labute approximate surface area is 166 Å². The molecule has 2 aromatic heterocycles. The van der Waals surface area contributed by atoms with Gasteiger partial charge < -0.3 is 14.0 Å². The number of aromatic nitrogens is 4. The zero-order valence-electron chi connectivity index (χ0n) is 15.9. The lowest BCUT2D eigenvalue weighted by molar-refractivity contribution is 0.0430. The Morgan fingerprint density at radius 2 is 1.90 bits per heavy atom. The minimum atomic E-state index is -0.481. The van der Waals surface area contributed by atoms with Crippen molar-refractivity contribution in [1.82, 2.24) is 19.9 Å². The van der Waals surface area contributed by atoms with Gasteiger partial charge in [0.05, 0.1) is 23.9 Å². The first-order valence-corrected chi connectivity index (χ1v) is 8.90. The quantitative estimate of drug-likeness (QED) is 0.465. The molecule has 8 heteroatoms. The molecule has 0 aliphatic rings. The standard InChI is InChI=1S/C21H18N4O4/c1-14-11-12-22-25(14)16-9-7-15(8-10-16)21(26)28-13-19-23-20(24-29-19)17-5-3-4-6-18(17)27-2/h3-12H,13H2,1-2H3. The minimum Gasteiger partial charge on any atom is -0.496 e. The van der Waals surface area contributed by atoms with Crippen LogP contribution in [0.2, 0.25) is 0 Å². The molecule has 0 atom stereocenters. The monoisotopic (exact) mass is 390 g/mol. The van der Waals surface area contributed by atoms with Gasteiger partial charge in [0.2, 0.25) is 5.82 Å². The molecule has 0 unspecified atom stereocenters. The Kier molecular flexibility index (Phi) is 5.07. The van der Waals surface area contributed by atoms with Crippen molar-refractivity contribution in [1.29, 1.82) is 0 Å². The van der Waals surface area contributed by atoms with Crippen LogP contribution in [0, 0.1) is 6.92 Å². The Hall–Kier alpha value is -3.94. The number of carbonyl (C=O) groups excluding carboxylic acids is 1. The predicted octanol–water partition coefficient (Wildman–Crippen LogP) is 3.60. The van der Waals surface area contributed by atoms with Gasteiger partial charge in [0.15, 0.2) is 6.61 Å². The number of aryl methyl sites for hydroxylation is 1. The number of rotatable bonds is 6. The smallest absolute Gasteiger partial charge is 0.338 e. The largest absolute Gasteiger partial charge is 0.496 e. The lowest BCUT2D eigenvalue weighted by atomic mass is 10.2. The van der Waals surface area contributed by atoms with Crippen molar-refractivity contribution in [3.8, 4) is 22.8 Å². The van der Waals surface area contributed by atoms with Crippen LogP contribution in [-0.2, 0) is 11.3 Å². The summed E-state index contributed by atoms with van der Waals surface area (Å²) in [4.78, 5) is 16.6. The second-order valence-electron chi connectivity index (χ2n) is 6.22. The molecule has 4 aromatic rings. The molecular formula is C21H18N4O4. The highest BCUT2D eigenvalue weighted by molar-refractivity contribution is 5.89. The van der Waals surface area contributed by atoms with Crippen LogP contribution in [0.4, 0.5) is 0 Å². The van der Waals surface area contributed by atoms with E-state index in [1.165, 1.54) is 0 Å². The fraction of sp³-hybridized carbons (Fsp3) is 0.143. The molecule has 4 rings (SSSR count). The molecule has 0 aliphatic carbocycles. The van der Waals surface area contributed by atoms with Gasteiger partial charge in [0, 0.05) is 11.9 Å². The zero-order chi connectivity index (χ0) is 20.2. The van der Waals surface area contributed by atoms with Gasteiger partial charge in [-0.3, -0.25) is 0 Å². The molecule has 29 heavy (non-hydrogen) atoms. The number of hydrogen-bond donors (Lipinski definition) is 0. The van der Waals surface area contributed by atoms with Crippen LogP contribution in [0.25, 0.3) is 17.1 Å². The second-order valence-corrected chi connectivity index (χ2v) is 6.22. The van der Waals surface area contributed by atoms with Crippen molar-refractivity contribution in [2.24, 2.45) is 0 Å². The third kappa shape index (κ3) is 3.86.